The quantitative estimate of drug-likeness (QED) is 0.607. The largest absolute Gasteiger partial charge is 0.444 e. The molecule has 1 saturated heterocycles. The van der Waals surface area contributed by atoms with Crippen molar-refractivity contribution in [1.82, 2.24) is 4.90 Å². The van der Waals surface area contributed by atoms with E-state index < -0.39 is 5.41 Å². The molecule has 18 heavy (non-hydrogen) atoms. The van der Waals surface area contributed by atoms with E-state index in [1.165, 1.54) is 6.92 Å². The number of hydrogen-bond donors (Lipinski definition) is 0. The van der Waals surface area contributed by atoms with E-state index in [9.17, 15) is 9.59 Å². The van der Waals surface area contributed by atoms with Crippen LogP contribution < -0.4 is 0 Å². The first-order valence-electron chi connectivity index (χ1n) is 5.94. The van der Waals surface area contributed by atoms with E-state index in [4.69, 9.17) is 4.74 Å². The first-order chi connectivity index (χ1) is 8.44. The van der Waals surface area contributed by atoms with Crippen LogP contribution in [-0.2, 0) is 14.3 Å². The number of hydrogen-bond acceptors (Lipinski definition) is 3. The van der Waals surface area contributed by atoms with Gasteiger partial charge in [0.2, 0.25) is 5.91 Å². The summed E-state index contributed by atoms with van der Waals surface area (Å²) in [5, 5.41) is 0. The third kappa shape index (κ3) is 1.98. The first kappa shape index (κ1) is 12.6. The maximum Gasteiger partial charge on any atom is 0.304 e. The van der Waals surface area contributed by atoms with Crippen LogP contribution in [0.3, 0.4) is 0 Å². The number of amides is 1. The van der Waals surface area contributed by atoms with Crippen LogP contribution in [0, 0.1) is 5.41 Å². The van der Waals surface area contributed by atoms with E-state index in [1.54, 1.807) is 4.90 Å². The van der Waals surface area contributed by atoms with E-state index in [0.29, 0.717) is 0 Å². The van der Waals surface area contributed by atoms with E-state index >= 15 is 0 Å². The van der Waals surface area contributed by atoms with Gasteiger partial charge in [-0.3, -0.25) is 9.59 Å². The molecule has 1 atom stereocenters. The Hall–Kier alpha value is -1.84. The molecular formula is C14H17NO3. The van der Waals surface area contributed by atoms with Gasteiger partial charge in [0.05, 0.1) is 11.5 Å². The van der Waals surface area contributed by atoms with Crippen LogP contribution >= 0.6 is 0 Å². The molecule has 1 aromatic rings. The van der Waals surface area contributed by atoms with Crippen molar-refractivity contribution >= 4 is 11.9 Å². The van der Waals surface area contributed by atoms with Crippen LogP contribution in [0.4, 0.5) is 0 Å². The minimum absolute atomic E-state index is 0.0117. The maximum absolute atomic E-state index is 12.0. The second-order valence-corrected chi connectivity index (χ2v) is 5.07. The first-order valence-corrected chi connectivity index (χ1v) is 5.94. The summed E-state index contributed by atoms with van der Waals surface area (Å²) in [6.07, 6.45) is 0. The van der Waals surface area contributed by atoms with Crippen molar-refractivity contribution in [2.24, 2.45) is 5.41 Å². The zero-order valence-corrected chi connectivity index (χ0v) is 10.8. The number of esters is 1. The van der Waals surface area contributed by atoms with Crippen molar-refractivity contribution in [1.29, 1.82) is 0 Å². The highest BCUT2D eigenvalue weighted by molar-refractivity contribution is 5.90. The van der Waals surface area contributed by atoms with Gasteiger partial charge in [0.25, 0.3) is 0 Å². The minimum atomic E-state index is -0.443. The van der Waals surface area contributed by atoms with Crippen molar-refractivity contribution < 1.29 is 14.3 Å². The Morgan fingerprint density at radius 1 is 1.33 bits per heavy atom. The molecule has 4 heteroatoms. The molecule has 2 rings (SSSR count). The standard InChI is InChI=1S/C14H17NO3/c1-10(16)18-9-15-12(14(2,3)13(15)17)11-7-5-4-6-8-11/h4-8,12H,9H2,1-3H3/t12-/m1/s1. The van der Waals surface area contributed by atoms with Gasteiger partial charge in [-0.2, -0.15) is 0 Å². The molecule has 0 radical (unpaired) electrons. The summed E-state index contributed by atoms with van der Waals surface area (Å²) in [5.74, 6) is -0.364. The molecule has 1 aliphatic rings. The van der Waals surface area contributed by atoms with Crippen LogP contribution in [0.1, 0.15) is 32.4 Å². The summed E-state index contributed by atoms with van der Waals surface area (Å²) in [5.41, 5.74) is 0.621. The van der Waals surface area contributed by atoms with Gasteiger partial charge in [0, 0.05) is 6.92 Å². The van der Waals surface area contributed by atoms with E-state index in [1.807, 2.05) is 44.2 Å². The lowest BCUT2D eigenvalue weighted by Gasteiger charge is -2.52. The Morgan fingerprint density at radius 3 is 2.50 bits per heavy atom. The third-order valence-corrected chi connectivity index (χ3v) is 3.33. The van der Waals surface area contributed by atoms with Gasteiger partial charge >= 0.3 is 5.97 Å². The summed E-state index contributed by atoms with van der Waals surface area (Å²) in [4.78, 5) is 24.4. The summed E-state index contributed by atoms with van der Waals surface area (Å²) in [6, 6.07) is 9.76. The lowest BCUT2D eigenvalue weighted by Crippen LogP contribution is -2.61. The van der Waals surface area contributed by atoms with Crippen LogP contribution in [0.5, 0.6) is 0 Å². The Balaban J connectivity index is 2.20. The van der Waals surface area contributed by atoms with Crippen LogP contribution in [0.15, 0.2) is 30.3 Å². The van der Waals surface area contributed by atoms with Crippen molar-refractivity contribution in [3.05, 3.63) is 35.9 Å². The molecule has 0 spiro atoms. The normalized spacial score (nSPS) is 21.4. The van der Waals surface area contributed by atoms with Gasteiger partial charge in [0.1, 0.15) is 0 Å². The van der Waals surface area contributed by atoms with Crippen molar-refractivity contribution in [3.8, 4) is 0 Å². The second kappa shape index (κ2) is 4.44. The summed E-state index contributed by atoms with van der Waals surface area (Å²) in [6.45, 7) is 5.19. The summed E-state index contributed by atoms with van der Waals surface area (Å²) >= 11 is 0. The maximum atomic E-state index is 12.0. The Kier molecular flexibility index (Phi) is 3.11. The minimum Gasteiger partial charge on any atom is -0.444 e. The molecular weight excluding hydrogens is 230 g/mol. The van der Waals surface area contributed by atoms with E-state index in [0.717, 1.165) is 5.56 Å². The fourth-order valence-corrected chi connectivity index (χ4v) is 2.45. The molecule has 1 aliphatic heterocycles. The number of likely N-dealkylation sites (tertiary alicyclic amines) is 1. The second-order valence-electron chi connectivity index (χ2n) is 5.07. The van der Waals surface area contributed by atoms with Gasteiger partial charge in [-0.25, -0.2) is 0 Å². The highest BCUT2D eigenvalue weighted by Gasteiger charge is 2.54. The average Bonchev–Trinajstić information content (AvgIpc) is 2.34. The lowest BCUT2D eigenvalue weighted by atomic mass is 9.71. The molecule has 0 bridgehead atoms. The molecule has 4 nitrogen and oxygen atoms in total. The van der Waals surface area contributed by atoms with Gasteiger partial charge < -0.3 is 9.64 Å². The average molecular weight is 247 g/mol. The monoisotopic (exact) mass is 247 g/mol. The molecule has 0 aromatic heterocycles. The smallest absolute Gasteiger partial charge is 0.304 e. The SMILES string of the molecule is CC(=O)OCN1C(=O)C(C)(C)[C@H]1c1ccccc1. The van der Waals surface area contributed by atoms with E-state index in [-0.39, 0.29) is 24.6 Å². The zero-order valence-electron chi connectivity index (χ0n) is 10.8. The fraction of sp³-hybridized carbons (Fsp3) is 0.429. The van der Waals surface area contributed by atoms with Crippen molar-refractivity contribution in [2.75, 3.05) is 6.73 Å². The molecule has 1 amide bonds. The number of carbonyl (C=O) groups is 2. The van der Waals surface area contributed by atoms with E-state index in [2.05, 4.69) is 0 Å². The van der Waals surface area contributed by atoms with Gasteiger partial charge in [-0.1, -0.05) is 30.3 Å². The molecule has 0 aliphatic carbocycles. The van der Waals surface area contributed by atoms with Crippen LogP contribution in [0.2, 0.25) is 0 Å². The Labute approximate surface area is 107 Å². The predicted octanol–water partition coefficient (Wildman–Crippen LogP) is 2.12. The third-order valence-electron chi connectivity index (χ3n) is 3.33. The lowest BCUT2D eigenvalue weighted by molar-refractivity contribution is -0.183. The number of rotatable bonds is 3. The zero-order chi connectivity index (χ0) is 13.3. The fourth-order valence-electron chi connectivity index (χ4n) is 2.45. The number of β-lactam (4-membered cyclic amide) rings is 1. The Bertz CT molecular complexity index is 467. The molecule has 1 fully saturated rings. The molecule has 0 unspecified atom stereocenters. The van der Waals surface area contributed by atoms with Gasteiger partial charge in [0.15, 0.2) is 6.73 Å². The van der Waals surface area contributed by atoms with Gasteiger partial charge in [-0.05, 0) is 19.4 Å². The number of benzene rings is 1. The molecule has 96 valence electrons. The molecule has 0 N–H and O–H groups in total. The molecule has 1 aromatic carbocycles. The number of ether oxygens (including phenoxy) is 1. The topological polar surface area (TPSA) is 46.6 Å². The highest BCUT2D eigenvalue weighted by Crippen LogP contribution is 2.49. The van der Waals surface area contributed by atoms with Crippen LogP contribution in [-0.4, -0.2) is 23.5 Å². The molecule has 0 saturated carbocycles. The summed E-state index contributed by atoms with van der Waals surface area (Å²) in [7, 11) is 0. The predicted molar refractivity (Wildman–Crippen MR) is 66.4 cm³/mol. The van der Waals surface area contributed by atoms with Crippen molar-refractivity contribution in [3.63, 3.8) is 0 Å². The Morgan fingerprint density at radius 2 is 1.94 bits per heavy atom. The number of nitrogens with zero attached hydrogens (tertiary/aromatic N) is 1. The summed E-state index contributed by atoms with van der Waals surface area (Å²) < 4.78 is 4.93. The molecule has 1 heterocycles. The number of carbonyl (C=O) groups excluding carboxylic acids is 2. The highest BCUT2D eigenvalue weighted by atomic mass is 16.5. The van der Waals surface area contributed by atoms with Crippen LogP contribution in [0.25, 0.3) is 0 Å². The van der Waals surface area contributed by atoms with Crippen molar-refractivity contribution in [2.45, 2.75) is 26.8 Å². The van der Waals surface area contributed by atoms with Gasteiger partial charge in [-0.15, -0.1) is 0 Å².